The fraction of sp³-hybridized carbons (Fsp3) is 0.452. The van der Waals surface area contributed by atoms with Crippen LogP contribution in [0.2, 0.25) is 0 Å². The molecule has 0 aliphatic carbocycles. The topological polar surface area (TPSA) is 122 Å². The van der Waals surface area contributed by atoms with Crippen molar-refractivity contribution in [1.82, 2.24) is 10.2 Å². The van der Waals surface area contributed by atoms with E-state index in [2.05, 4.69) is 27.8 Å². The van der Waals surface area contributed by atoms with Gasteiger partial charge in [-0.15, -0.1) is 0 Å². The average molecular weight is 563 g/mol. The summed E-state index contributed by atoms with van der Waals surface area (Å²) in [7, 11) is 1.42. The van der Waals surface area contributed by atoms with Gasteiger partial charge in [-0.25, -0.2) is 0 Å². The number of hydrogen-bond acceptors (Lipinski definition) is 9. The molecule has 0 saturated carbocycles. The monoisotopic (exact) mass is 562 g/mol. The van der Waals surface area contributed by atoms with Crippen molar-refractivity contribution in [3.8, 4) is 0 Å². The minimum absolute atomic E-state index is 0.0207. The predicted molar refractivity (Wildman–Crippen MR) is 154 cm³/mol. The number of aliphatic hydroxyl groups excluding tert-OH is 1. The number of esters is 1. The molecule has 2 aromatic carbocycles. The largest absolute Gasteiger partial charge is 0.469 e. The standard InChI is InChI=1S/C31H38N4O6/c1-39-28(37)16-24(14-21-6-3-2-4-7-21)29(27-19-40-20-41-27)22-10-12-35(13-11-22)30(38)23-8-5-9-25(15-23)34-31-32-17-26(36)18-33-31/h2-9,15,19,22,24,26,29,36H,10-14,16-18,20H2,1H3,(H2,32,33,34). The van der Waals surface area contributed by atoms with E-state index < -0.39 is 6.10 Å². The summed E-state index contributed by atoms with van der Waals surface area (Å²) >= 11 is 0. The highest BCUT2D eigenvalue weighted by molar-refractivity contribution is 5.98. The minimum atomic E-state index is -0.492. The van der Waals surface area contributed by atoms with Crippen molar-refractivity contribution in [2.75, 3.05) is 45.4 Å². The number of anilines is 1. The maximum absolute atomic E-state index is 13.5. The van der Waals surface area contributed by atoms with Crippen LogP contribution in [-0.4, -0.2) is 74.0 Å². The maximum atomic E-state index is 13.5. The van der Waals surface area contributed by atoms with Gasteiger partial charge in [-0.05, 0) is 54.9 Å². The number of amides is 1. The Morgan fingerprint density at radius 1 is 1.17 bits per heavy atom. The van der Waals surface area contributed by atoms with Crippen molar-refractivity contribution >= 4 is 23.5 Å². The Morgan fingerprint density at radius 3 is 2.66 bits per heavy atom. The number of nitrogens with zero attached hydrogens (tertiary/aromatic N) is 2. The van der Waals surface area contributed by atoms with Crippen molar-refractivity contribution < 1.29 is 28.9 Å². The van der Waals surface area contributed by atoms with E-state index in [1.165, 1.54) is 7.11 Å². The third kappa shape index (κ3) is 7.38. The number of methoxy groups -OCH3 is 1. The molecule has 2 aromatic rings. The maximum Gasteiger partial charge on any atom is 0.305 e. The summed E-state index contributed by atoms with van der Waals surface area (Å²) in [5.41, 5.74) is 2.51. The Bertz CT molecular complexity index is 1260. The number of nitrogens with one attached hydrogen (secondary N) is 2. The van der Waals surface area contributed by atoms with Crippen LogP contribution in [0.25, 0.3) is 0 Å². The third-order valence-corrected chi connectivity index (χ3v) is 8.00. The smallest absolute Gasteiger partial charge is 0.305 e. The van der Waals surface area contributed by atoms with E-state index in [1.54, 1.807) is 6.26 Å². The van der Waals surface area contributed by atoms with Gasteiger partial charge in [-0.3, -0.25) is 14.6 Å². The van der Waals surface area contributed by atoms with Crippen LogP contribution in [0.5, 0.6) is 0 Å². The van der Waals surface area contributed by atoms with E-state index in [1.807, 2.05) is 47.4 Å². The number of likely N-dealkylation sites (tertiary alicyclic amines) is 1. The van der Waals surface area contributed by atoms with Crippen molar-refractivity contribution in [2.45, 2.75) is 31.8 Å². The van der Waals surface area contributed by atoms with Crippen LogP contribution in [0.15, 0.2) is 71.6 Å². The second-order valence-electron chi connectivity index (χ2n) is 10.8. The lowest BCUT2D eigenvalue weighted by Gasteiger charge is -2.39. The molecule has 10 heteroatoms. The zero-order valence-corrected chi connectivity index (χ0v) is 23.3. The molecule has 10 nitrogen and oxygen atoms in total. The van der Waals surface area contributed by atoms with Gasteiger partial charge in [0, 0.05) is 43.2 Å². The number of carbonyl (C=O) groups is 2. The highest BCUT2D eigenvalue weighted by Crippen LogP contribution is 2.40. The van der Waals surface area contributed by atoms with E-state index in [9.17, 15) is 14.7 Å². The van der Waals surface area contributed by atoms with E-state index in [0.29, 0.717) is 44.1 Å². The molecule has 0 spiro atoms. The lowest BCUT2D eigenvalue weighted by molar-refractivity contribution is -0.142. The molecule has 0 bridgehead atoms. The van der Waals surface area contributed by atoms with Gasteiger partial charge in [-0.1, -0.05) is 36.4 Å². The van der Waals surface area contributed by atoms with Crippen LogP contribution in [0, 0.1) is 17.8 Å². The van der Waals surface area contributed by atoms with Crippen molar-refractivity contribution in [1.29, 1.82) is 0 Å². The molecule has 1 amide bonds. The fourth-order valence-electron chi connectivity index (χ4n) is 5.94. The van der Waals surface area contributed by atoms with E-state index in [-0.39, 0.29) is 42.8 Å². The van der Waals surface area contributed by atoms with Crippen LogP contribution >= 0.6 is 0 Å². The molecule has 0 aromatic heterocycles. The number of allylic oxidation sites excluding steroid dienone is 1. The SMILES string of the molecule is COC(=O)CC(Cc1ccccc1)C(C1=COCO1)C1CCN(C(=O)c2cccc(NC3=NCC(O)CN3)c2)CC1. The second-order valence-corrected chi connectivity index (χ2v) is 10.8. The first-order valence-electron chi connectivity index (χ1n) is 14.2. The highest BCUT2D eigenvalue weighted by Gasteiger charge is 2.39. The Labute approximate surface area is 240 Å². The Kier molecular flexibility index (Phi) is 9.40. The predicted octanol–water partition coefficient (Wildman–Crippen LogP) is 3.15. The van der Waals surface area contributed by atoms with Gasteiger partial charge in [0.2, 0.25) is 6.79 Å². The molecule has 41 heavy (non-hydrogen) atoms. The average Bonchev–Trinajstić information content (AvgIpc) is 3.53. The summed E-state index contributed by atoms with van der Waals surface area (Å²) in [6, 6.07) is 17.5. The van der Waals surface area contributed by atoms with Crippen LogP contribution in [0.1, 0.15) is 35.2 Å². The zero-order chi connectivity index (χ0) is 28.6. The number of ether oxygens (including phenoxy) is 3. The number of carbonyl (C=O) groups excluding carboxylic acids is 2. The first-order valence-corrected chi connectivity index (χ1v) is 14.2. The molecule has 0 radical (unpaired) electrons. The number of aliphatic imine (C=N–C) groups is 1. The van der Waals surface area contributed by atoms with Gasteiger partial charge in [0.15, 0.2) is 5.96 Å². The Morgan fingerprint density at radius 2 is 1.98 bits per heavy atom. The summed E-state index contributed by atoms with van der Waals surface area (Å²) in [4.78, 5) is 32.2. The van der Waals surface area contributed by atoms with Crippen LogP contribution in [0.3, 0.4) is 0 Å². The molecule has 218 valence electrons. The zero-order valence-electron chi connectivity index (χ0n) is 23.3. The highest BCUT2D eigenvalue weighted by atomic mass is 16.7. The molecule has 1 saturated heterocycles. The molecule has 3 N–H and O–H groups in total. The molecule has 3 heterocycles. The molecule has 5 rings (SSSR count). The second kappa shape index (κ2) is 13.5. The first kappa shape index (κ1) is 28.5. The molecular formula is C31H38N4O6. The molecular weight excluding hydrogens is 524 g/mol. The van der Waals surface area contributed by atoms with Gasteiger partial charge in [0.1, 0.15) is 12.0 Å². The van der Waals surface area contributed by atoms with E-state index >= 15 is 0 Å². The summed E-state index contributed by atoms with van der Waals surface area (Å²) in [6.07, 6.45) is 3.74. The number of piperidine rings is 1. The van der Waals surface area contributed by atoms with Gasteiger partial charge in [-0.2, -0.15) is 0 Å². The number of benzene rings is 2. The lowest BCUT2D eigenvalue weighted by atomic mass is 9.72. The number of β-amino-alcohol motifs (C(OH)–C–C–N with tert-alkyl or cyclic N) is 1. The summed E-state index contributed by atoms with van der Waals surface area (Å²) in [5, 5.41) is 15.9. The van der Waals surface area contributed by atoms with Crippen LogP contribution < -0.4 is 10.6 Å². The molecule has 3 aliphatic rings. The normalized spacial score (nSPS) is 20.4. The van der Waals surface area contributed by atoms with Crippen molar-refractivity contribution in [3.05, 3.63) is 77.7 Å². The van der Waals surface area contributed by atoms with Crippen molar-refractivity contribution in [3.63, 3.8) is 0 Å². The quantitative estimate of drug-likeness (QED) is 0.399. The van der Waals surface area contributed by atoms with Gasteiger partial charge >= 0.3 is 5.97 Å². The molecule has 3 atom stereocenters. The molecule has 3 unspecified atom stereocenters. The Hall–Kier alpha value is -4.05. The van der Waals surface area contributed by atoms with Gasteiger partial charge in [0.05, 0.1) is 19.8 Å². The minimum Gasteiger partial charge on any atom is -0.469 e. The number of rotatable bonds is 9. The number of aliphatic hydroxyl groups is 1. The number of guanidine groups is 1. The van der Waals surface area contributed by atoms with Crippen LogP contribution in [-0.2, 0) is 25.4 Å². The van der Waals surface area contributed by atoms with E-state index in [4.69, 9.17) is 14.2 Å². The first-order chi connectivity index (χ1) is 20.0. The summed E-state index contributed by atoms with van der Waals surface area (Å²) in [5.74, 6) is 1.22. The summed E-state index contributed by atoms with van der Waals surface area (Å²) < 4.78 is 16.4. The number of hydrogen-bond donors (Lipinski definition) is 3. The van der Waals surface area contributed by atoms with E-state index in [0.717, 1.165) is 29.9 Å². The van der Waals surface area contributed by atoms with Gasteiger partial charge in [0.25, 0.3) is 5.91 Å². The van der Waals surface area contributed by atoms with Crippen LogP contribution in [0.4, 0.5) is 5.69 Å². The Balaban J connectivity index is 1.27. The van der Waals surface area contributed by atoms with Gasteiger partial charge < -0.3 is 34.9 Å². The molecule has 1 fully saturated rings. The third-order valence-electron chi connectivity index (χ3n) is 8.00. The summed E-state index contributed by atoms with van der Waals surface area (Å²) in [6.45, 7) is 2.15. The van der Waals surface area contributed by atoms with Crippen molar-refractivity contribution in [2.24, 2.45) is 22.7 Å². The fourth-order valence-corrected chi connectivity index (χ4v) is 5.94. The lowest BCUT2D eigenvalue weighted by Crippen LogP contribution is -2.43. The molecule has 3 aliphatic heterocycles.